The molecule has 7 nitrogen and oxygen atoms in total. The highest BCUT2D eigenvalue weighted by Crippen LogP contribution is 2.51. The molecule has 0 bridgehead atoms. The van der Waals surface area contributed by atoms with Gasteiger partial charge >= 0.3 is 12.1 Å². The number of piperidine rings is 1. The number of likely N-dealkylation sites (tertiary alicyclic amines) is 1. The van der Waals surface area contributed by atoms with E-state index < -0.39 is 23.6 Å². The summed E-state index contributed by atoms with van der Waals surface area (Å²) in [5.41, 5.74) is 3.45. The number of nitrogens with zero attached hydrogens (tertiary/aromatic N) is 2. The number of carbonyl (C=O) groups is 2. The number of alkyl halides is 2. The molecule has 9 heteroatoms. The second-order valence-corrected chi connectivity index (χ2v) is 12.7. The van der Waals surface area contributed by atoms with Gasteiger partial charge < -0.3 is 14.2 Å². The lowest BCUT2D eigenvalue weighted by Crippen LogP contribution is -2.45. The summed E-state index contributed by atoms with van der Waals surface area (Å²) in [6.07, 6.45) is 2.77. The van der Waals surface area contributed by atoms with Crippen molar-refractivity contribution in [2.24, 2.45) is 11.8 Å². The van der Waals surface area contributed by atoms with Crippen LogP contribution in [0.1, 0.15) is 79.5 Å². The summed E-state index contributed by atoms with van der Waals surface area (Å²) in [5.74, 6) is -2.02. The Morgan fingerprint density at radius 2 is 1.74 bits per heavy atom. The van der Waals surface area contributed by atoms with Crippen LogP contribution in [0.4, 0.5) is 13.6 Å². The summed E-state index contributed by atoms with van der Waals surface area (Å²) >= 11 is 0. The van der Waals surface area contributed by atoms with E-state index in [0.29, 0.717) is 12.1 Å². The first-order valence-electron chi connectivity index (χ1n) is 14.5. The first kappa shape index (κ1) is 30.0. The second kappa shape index (κ2) is 11.3. The normalized spacial score (nSPS) is 21.1. The fourth-order valence-electron chi connectivity index (χ4n) is 6.58. The van der Waals surface area contributed by atoms with Crippen LogP contribution in [0, 0.1) is 18.8 Å². The lowest BCUT2D eigenvalue weighted by Gasteiger charge is -2.47. The number of benzene rings is 2. The van der Waals surface area contributed by atoms with Gasteiger partial charge in [-0.15, -0.1) is 0 Å². The monoisotopic (exact) mass is 582 g/mol. The average molecular weight is 583 g/mol. The molecule has 1 saturated carbocycles. The maximum atomic E-state index is 13.8. The second-order valence-electron chi connectivity index (χ2n) is 12.7. The minimum atomic E-state index is -2.55. The van der Waals surface area contributed by atoms with E-state index >= 15 is 0 Å². The van der Waals surface area contributed by atoms with Crippen LogP contribution in [-0.4, -0.2) is 53.8 Å². The molecule has 2 aromatic carbocycles. The molecule has 2 fully saturated rings. The molecule has 42 heavy (non-hydrogen) atoms. The third kappa shape index (κ3) is 6.02. The Morgan fingerprint density at radius 1 is 1.05 bits per heavy atom. The number of fused-ring (bicyclic) bond motifs is 1. The van der Waals surface area contributed by atoms with Crippen LogP contribution >= 0.6 is 0 Å². The van der Waals surface area contributed by atoms with Gasteiger partial charge in [-0.2, -0.15) is 0 Å². The molecule has 3 aromatic rings. The Morgan fingerprint density at radius 3 is 2.33 bits per heavy atom. The van der Waals surface area contributed by atoms with E-state index in [4.69, 9.17) is 14.2 Å². The summed E-state index contributed by atoms with van der Waals surface area (Å²) in [7, 11) is 2.99. The number of rotatable bonds is 6. The molecule has 2 aliphatic rings. The molecule has 0 amide bonds. The lowest BCUT2D eigenvalue weighted by molar-refractivity contribution is -0.134. The third-order valence-electron chi connectivity index (χ3n) is 8.66. The number of hydrogen-bond donors (Lipinski definition) is 0. The molecule has 0 unspecified atom stereocenters. The van der Waals surface area contributed by atoms with Crippen molar-refractivity contribution in [3.05, 3.63) is 64.8 Å². The summed E-state index contributed by atoms with van der Waals surface area (Å²) < 4.78 is 45.5. The number of ether oxygens (including phenoxy) is 3. The zero-order valence-electron chi connectivity index (χ0n) is 25.2. The minimum Gasteiger partial charge on any atom is -0.496 e. The van der Waals surface area contributed by atoms with Crippen LogP contribution in [0.5, 0.6) is 5.75 Å². The third-order valence-corrected chi connectivity index (χ3v) is 8.66. The van der Waals surface area contributed by atoms with Crippen LogP contribution in [0.3, 0.4) is 0 Å². The molecule has 2 heterocycles. The van der Waals surface area contributed by atoms with Gasteiger partial charge in [-0.1, -0.05) is 12.1 Å². The number of hydrogen-bond acceptors (Lipinski definition) is 6. The van der Waals surface area contributed by atoms with Crippen molar-refractivity contribution in [2.45, 2.75) is 77.5 Å². The highest BCUT2D eigenvalue weighted by atomic mass is 19.3. The van der Waals surface area contributed by atoms with Gasteiger partial charge in [-0.3, -0.25) is 9.47 Å². The highest BCUT2D eigenvalue weighted by Gasteiger charge is 2.49. The Hall–Kier alpha value is -3.46. The zero-order valence-corrected chi connectivity index (χ0v) is 25.2. The number of esters is 1. The average Bonchev–Trinajstić information content (AvgIpc) is 3.38. The number of halogens is 2. The first-order valence-corrected chi connectivity index (χ1v) is 14.5. The van der Waals surface area contributed by atoms with Gasteiger partial charge in [0.2, 0.25) is 5.92 Å². The Labute approximate surface area is 245 Å². The van der Waals surface area contributed by atoms with Crippen LogP contribution in [0.15, 0.2) is 42.6 Å². The highest BCUT2D eigenvalue weighted by molar-refractivity contribution is 5.95. The topological polar surface area (TPSA) is 70.0 Å². The minimum absolute atomic E-state index is 0.0162. The van der Waals surface area contributed by atoms with Crippen molar-refractivity contribution in [3.63, 3.8) is 0 Å². The molecule has 0 N–H and O–H groups in total. The molecular weight excluding hydrogens is 542 g/mol. The zero-order chi connectivity index (χ0) is 30.4. The molecule has 1 saturated heterocycles. The molecule has 0 spiro atoms. The molecular formula is C33H40F2N2O5. The van der Waals surface area contributed by atoms with E-state index in [1.54, 1.807) is 30.0 Å². The Balaban J connectivity index is 1.50. The van der Waals surface area contributed by atoms with Crippen molar-refractivity contribution in [1.29, 1.82) is 0 Å². The van der Waals surface area contributed by atoms with Crippen molar-refractivity contribution >= 4 is 23.0 Å². The maximum Gasteiger partial charge on any atom is 0.419 e. The Kier molecular flexibility index (Phi) is 8.09. The molecule has 2 atom stereocenters. The van der Waals surface area contributed by atoms with E-state index in [9.17, 15) is 18.4 Å². The molecule has 0 radical (unpaired) electrons. The van der Waals surface area contributed by atoms with Crippen molar-refractivity contribution < 1.29 is 32.6 Å². The molecule has 1 aromatic heterocycles. The van der Waals surface area contributed by atoms with E-state index in [1.807, 2.05) is 52.0 Å². The van der Waals surface area contributed by atoms with Gasteiger partial charge in [0.25, 0.3) is 0 Å². The molecule has 1 aliphatic carbocycles. The van der Waals surface area contributed by atoms with E-state index in [1.165, 1.54) is 7.11 Å². The largest absolute Gasteiger partial charge is 0.496 e. The van der Waals surface area contributed by atoms with Gasteiger partial charge in [0.05, 0.1) is 25.3 Å². The summed E-state index contributed by atoms with van der Waals surface area (Å²) in [5, 5.41) is 0.901. The molecule has 5 rings (SSSR count). The van der Waals surface area contributed by atoms with Crippen LogP contribution < -0.4 is 4.74 Å². The predicted molar refractivity (Wildman–Crippen MR) is 156 cm³/mol. The summed E-state index contributed by atoms with van der Waals surface area (Å²) in [6, 6.07) is 11.2. The van der Waals surface area contributed by atoms with E-state index in [2.05, 4.69) is 4.90 Å². The SMILES string of the molecule is COC(=O)c1ccc([C@H]2C[C@@H](C3CC(F)(F)C3)CCN2Cc2c(OC)cc(C)c3c2ccn3C(=O)OC(C)(C)C)cc1. The molecule has 1 aliphatic heterocycles. The van der Waals surface area contributed by atoms with Gasteiger partial charge in [-0.05, 0) is 94.3 Å². The number of aromatic nitrogens is 1. The van der Waals surface area contributed by atoms with Crippen molar-refractivity contribution in [3.8, 4) is 5.75 Å². The maximum absolute atomic E-state index is 13.8. The van der Waals surface area contributed by atoms with Crippen LogP contribution in [0.2, 0.25) is 0 Å². The van der Waals surface area contributed by atoms with Crippen molar-refractivity contribution in [2.75, 3.05) is 20.8 Å². The van der Waals surface area contributed by atoms with E-state index in [0.717, 1.165) is 52.7 Å². The standard InChI is InChI=1S/C33H40F2N2O5/c1-20-15-28(40-5)26(25-12-14-37(29(20)25)31(39)42-32(2,3)4)19-36-13-11-23(24-17-33(34,35)18-24)16-27(36)21-7-9-22(10-8-21)30(38)41-6/h7-10,12,14-15,23-24,27H,11,13,16-19H2,1-6H3/t23-,27+/m0/s1. The summed E-state index contributed by atoms with van der Waals surface area (Å²) in [6.45, 7) is 8.72. The van der Waals surface area contributed by atoms with Gasteiger partial charge in [0.15, 0.2) is 0 Å². The number of methoxy groups -OCH3 is 2. The van der Waals surface area contributed by atoms with Crippen LogP contribution in [0.25, 0.3) is 10.9 Å². The van der Waals surface area contributed by atoms with Gasteiger partial charge in [-0.25, -0.2) is 18.4 Å². The predicted octanol–water partition coefficient (Wildman–Crippen LogP) is 7.53. The van der Waals surface area contributed by atoms with E-state index in [-0.39, 0.29) is 30.7 Å². The fraction of sp³-hybridized carbons (Fsp3) is 0.515. The first-order chi connectivity index (χ1) is 19.8. The Bertz CT molecular complexity index is 1470. The molecule has 226 valence electrons. The smallest absolute Gasteiger partial charge is 0.419 e. The van der Waals surface area contributed by atoms with Gasteiger partial charge in [0.1, 0.15) is 11.4 Å². The summed E-state index contributed by atoms with van der Waals surface area (Å²) in [4.78, 5) is 27.5. The van der Waals surface area contributed by atoms with Crippen molar-refractivity contribution in [1.82, 2.24) is 9.47 Å². The number of carbonyl (C=O) groups excluding carboxylic acids is 2. The van der Waals surface area contributed by atoms with Crippen LogP contribution in [-0.2, 0) is 16.0 Å². The lowest BCUT2D eigenvalue weighted by atomic mass is 9.68. The fourth-order valence-corrected chi connectivity index (χ4v) is 6.58. The number of aryl methyl sites for hydroxylation is 1. The quantitative estimate of drug-likeness (QED) is 0.280. The van der Waals surface area contributed by atoms with Gasteiger partial charge in [0, 0.05) is 42.6 Å².